The topological polar surface area (TPSA) is 57.5 Å². The van der Waals surface area contributed by atoms with Gasteiger partial charge >= 0.3 is 0 Å². The van der Waals surface area contributed by atoms with Gasteiger partial charge in [0.05, 0.1) is 12.2 Å². The first kappa shape index (κ1) is 17.3. The summed E-state index contributed by atoms with van der Waals surface area (Å²) in [5.41, 5.74) is 1.11. The number of likely N-dealkylation sites (tertiary alicyclic amines) is 1. The van der Waals surface area contributed by atoms with Crippen molar-refractivity contribution in [2.75, 3.05) is 20.1 Å². The summed E-state index contributed by atoms with van der Waals surface area (Å²) in [7, 11) is 1.84. The molecule has 6 nitrogen and oxygen atoms in total. The lowest BCUT2D eigenvalue weighted by atomic mass is 10.1. The predicted octanol–water partition coefficient (Wildman–Crippen LogP) is 1.61. The lowest BCUT2D eigenvalue weighted by Gasteiger charge is -2.21. The van der Waals surface area contributed by atoms with Crippen LogP contribution in [0, 0.1) is 5.92 Å². The minimum atomic E-state index is 0.453. The molecule has 1 saturated heterocycles. The number of fused-ring (bicyclic) bond motifs is 1. The number of guanidine groups is 1. The zero-order valence-corrected chi connectivity index (χ0v) is 15.5. The zero-order chi connectivity index (χ0) is 17.1. The summed E-state index contributed by atoms with van der Waals surface area (Å²) in [6.07, 6.45) is 5.83. The molecule has 0 aromatic carbocycles. The summed E-state index contributed by atoms with van der Waals surface area (Å²) < 4.78 is 2.30. The number of imidazole rings is 1. The van der Waals surface area contributed by atoms with Gasteiger partial charge in [-0.15, -0.1) is 0 Å². The highest BCUT2D eigenvalue weighted by molar-refractivity contribution is 5.80. The summed E-state index contributed by atoms with van der Waals surface area (Å²) in [5, 5.41) is 7.03. The minimum absolute atomic E-state index is 0.453. The molecule has 0 amide bonds. The van der Waals surface area contributed by atoms with Crippen LogP contribution in [0.4, 0.5) is 0 Å². The van der Waals surface area contributed by atoms with Gasteiger partial charge in [0.15, 0.2) is 5.96 Å². The van der Waals surface area contributed by atoms with Crippen LogP contribution in [0.15, 0.2) is 11.2 Å². The molecule has 0 radical (unpaired) electrons. The molecule has 2 unspecified atom stereocenters. The lowest BCUT2D eigenvalue weighted by molar-refractivity contribution is 0.265. The third kappa shape index (κ3) is 3.91. The van der Waals surface area contributed by atoms with Crippen LogP contribution in [0.3, 0.4) is 0 Å². The van der Waals surface area contributed by atoms with E-state index in [1.54, 1.807) is 0 Å². The van der Waals surface area contributed by atoms with Crippen LogP contribution in [0.2, 0.25) is 0 Å². The number of aliphatic imine (C=N–C) groups is 1. The van der Waals surface area contributed by atoms with E-state index in [0.29, 0.717) is 18.0 Å². The summed E-state index contributed by atoms with van der Waals surface area (Å²) in [4.78, 5) is 11.7. The van der Waals surface area contributed by atoms with Crippen molar-refractivity contribution < 1.29 is 0 Å². The molecule has 2 aliphatic rings. The van der Waals surface area contributed by atoms with Crippen LogP contribution in [0.1, 0.15) is 45.1 Å². The van der Waals surface area contributed by atoms with Crippen molar-refractivity contribution >= 4 is 5.96 Å². The number of hydrogen-bond acceptors (Lipinski definition) is 3. The van der Waals surface area contributed by atoms with E-state index in [2.05, 4.69) is 52.1 Å². The summed E-state index contributed by atoms with van der Waals surface area (Å²) in [6.45, 7) is 10.9. The predicted molar refractivity (Wildman–Crippen MR) is 98.2 cm³/mol. The van der Waals surface area contributed by atoms with Crippen LogP contribution in [-0.4, -0.2) is 52.6 Å². The Labute approximate surface area is 145 Å². The Balaban J connectivity index is 1.53. The molecule has 2 N–H and O–H groups in total. The first-order chi connectivity index (χ1) is 11.6. The van der Waals surface area contributed by atoms with Gasteiger partial charge < -0.3 is 15.2 Å². The Bertz CT molecular complexity index is 553. The second-order valence-corrected chi connectivity index (χ2v) is 7.50. The molecule has 0 spiro atoms. The van der Waals surface area contributed by atoms with Crippen LogP contribution in [0.25, 0.3) is 0 Å². The third-order valence-corrected chi connectivity index (χ3v) is 5.31. The van der Waals surface area contributed by atoms with E-state index in [1.165, 1.54) is 18.7 Å². The van der Waals surface area contributed by atoms with Crippen LogP contribution < -0.4 is 10.6 Å². The first-order valence-electron chi connectivity index (χ1n) is 9.33. The molecule has 2 atom stereocenters. The number of hydrogen-bond donors (Lipinski definition) is 2. The quantitative estimate of drug-likeness (QED) is 0.650. The number of rotatable bonds is 4. The van der Waals surface area contributed by atoms with Crippen molar-refractivity contribution in [2.24, 2.45) is 10.9 Å². The number of aromatic nitrogens is 2. The van der Waals surface area contributed by atoms with E-state index in [-0.39, 0.29) is 0 Å². The Morgan fingerprint density at radius 2 is 2.21 bits per heavy atom. The smallest absolute Gasteiger partial charge is 0.191 e. The fourth-order valence-electron chi connectivity index (χ4n) is 3.72. The van der Waals surface area contributed by atoms with Crippen molar-refractivity contribution in [1.29, 1.82) is 0 Å². The standard InChI is InChI=1S/C18H32N6/c1-13(2)24-10-14(3)16(12-24)22-18(19-4)20-9-15-11-23-8-6-5-7-17(23)21-15/h11,13-14,16H,5-10,12H2,1-4H3,(H2,19,20,22). The lowest BCUT2D eigenvalue weighted by Crippen LogP contribution is -2.46. The van der Waals surface area contributed by atoms with Crippen molar-refractivity contribution in [2.45, 2.75) is 65.2 Å². The van der Waals surface area contributed by atoms with Crippen LogP contribution in [0.5, 0.6) is 0 Å². The Morgan fingerprint density at radius 1 is 1.38 bits per heavy atom. The molecule has 2 aliphatic heterocycles. The second kappa shape index (κ2) is 7.55. The van der Waals surface area contributed by atoms with Crippen molar-refractivity contribution in [1.82, 2.24) is 25.1 Å². The number of nitrogens with one attached hydrogen (secondary N) is 2. The average Bonchev–Trinajstić information content (AvgIpc) is 3.14. The first-order valence-corrected chi connectivity index (χ1v) is 9.33. The molecule has 134 valence electrons. The SMILES string of the molecule is CN=C(NCc1cn2c(n1)CCCC2)NC1CN(C(C)C)CC1C. The van der Waals surface area contributed by atoms with Gasteiger partial charge in [0.1, 0.15) is 5.82 Å². The van der Waals surface area contributed by atoms with Crippen LogP contribution in [-0.2, 0) is 19.5 Å². The highest BCUT2D eigenvalue weighted by atomic mass is 15.3. The van der Waals surface area contributed by atoms with E-state index in [9.17, 15) is 0 Å². The Morgan fingerprint density at radius 3 is 2.88 bits per heavy atom. The van der Waals surface area contributed by atoms with E-state index in [4.69, 9.17) is 4.98 Å². The van der Waals surface area contributed by atoms with Gasteiger partial charge in [0.2, 0.25) is 0 Å². The normalized spacial score (nSPS) is 25.1. The number of nitrogens with zero attached hydrogens (tertiary/aromatic N) is 4. The van der Waals surface area contributed by atoms with Gasteiger partial charge in [-0.3, -0.25) is 9.89 Å². The molecule has 1 fully saturated rings. The molecule has 6 heteroatoms. The van der Waals surface area contributed by atoms with Crippen molar-refractivity contribution in [3.8, 4) is 0 Å². The van der Waals surface area contributed by atoms with Gasteiger partial charge in [-0.25, -0.2) is 4.98 Å². The molecule has 0 bridgehead atoms. The average molecular weight is 332 g/mol. The maximum Gasteiger partial charge on any atom is 0.191 e. The van der Waals surface area contributed by atoms with Gasteiger partial charge in [-0.2, -0.15) is 0 Å². The minimum Gasteiger partial charge on any atom is -0.352 e. The van der Waals surface area contributed by atoms with Gasteiger partial charge in [0, 0.05) is 51.4 Å². The maximum absolute atomic E-state index is 4.75. The van der Waals surface area contributed by atoms with E-state index in [1.807, 2.05) is 7.05 Å². The van der Waals surface area contributed by atoms with E-state index in [0.717, 1.165) is 44.3 Å². The highest BCUT2D eigenvalue weighted by Gasteiger charge is 2.31. The fraction of sp³-hybridized carbons (Fsp3) is 0.778. The van der Waals surface area contributed by atoms with Crippen LogP contribution >= 0.6 is 0 Å². The summed E-state index contributed by atoms with van der Waals surface area (Å²) >= 11 is 0. The zero-order valence-electron chi connectivity index (χ0n) is 15.5. The molecule has 3 rings (SSSR count). The monoisotopic (exact) mass is 332 g/mol. The Hall–Kier alpha value is -1.56. The molecular weight excluding hydrogens is 300 g/mol. The molecule has 3 heterocycles. The largest absolute Gasteiger partial charge is 0.352 e. The van der Waals surface area contributed by atoms with E-state index < -0.39 is 0 Å². The molecule has 1 aromatic rings. The van der Waals surface area contributed by atoms with Crippen molar-refractivity contribution in [3.05, 3.63) is 17.7 Å². The molecular formula is C18H32N6. The van der Waals surface area contributed by atoms with Gasteiger partial charge in [-0.05, 0) is 32.6 Å². The summed E-state index contributed by atoms with van der Waals surface area (Å²) in [5.74, 6) is 2.74. The molecule has 0 aliphatic carbocycles. The molecule has 1 aromatic heterocycles. The molecule has 0 saturated carbocycles. The summed E-state index contributed by atoms with van der Waals surface area (Å²) in [6, 6.07) is 1.06. The second-order valence-electron chi connectivity index (χ2n) is 7.50. The van der Waals surface area contributed by atoms with Gasteiger partial charge in [-0.1, -0.05) is 6.92 Å². The Kier molecular flexibility index (Phi) is 5.43. The highest BCUT2D eigenvalue weighted by Crippen LogP contribution is 2.18. The third-order valence-electron chi connectivity index (χ3n) is 5.31. The molecule has 24 heavy (non-hydrogen) atoms. The van der Waals surface area contributed by atoms with E-state index >= 15 is 0 Å². The van der Waals surface area contributed by atoms with Gasteiger partial charge in [0.25, 0.3) is 0 Å². The fourth-order valence-corrected chi connectivity index (χ4v) is 3.72. The van der Waals surface area contributed by atoms with Crippen molar-refractivity contribution in [3.63, 3.8) is 0 Å². The maximum atomic E-state index is 4.75. The number of aryl methyl sites for hydroxylation is 2.